The maximum Gasteiger partial charge on any atom is 0.255 e. The third kappa shape index (κ3) is 4.87. The van der Waals surface area contributed by atoms with Gasteiger partial charge in [-0.25, -0.2) is 9.97 Å². The molecule has 0 aliphatic rings. The van der Waals surface area contributed by atoms with Crippen LogP contribution < -0.4 is 5.56 Å². The number of fused-ring (bicyclic) bond motifs is 1. The number of thiazole rings is 1. The summed E-state index contributed by atoms with van der Waals surface area (Å²) in [4.78, 5) is 25.1. The molecule has 27 heavy (non-hydrogen) atoms. The molecule has 0 aliphatic heterocycles. The predicted octanol–water partition coefficient (Wildman–Crippen LogP) is 5.23. The molecule has 0 unspecified atom stereocenters. The Morgan fingerprint density at radius 3 is 2.74 bits per heavy atom. The zero-order chi connectivity index (χ0) is 19.2. The number of allylic oxidation sites excluding steroid dienone is 1. The van der Waals surface area contributed by atoms with Gasteiger partial charge in [0.05, 0.1) is 20.9 Å². The van der Waals surface area contributed by atoms with Gasteiger partial charge in [-0.3, -0.25) is 4.79 Å². The van der Waals surface area contributed by atoms with Crippen LogP contribution in [-0.2, 0) is 12.8 Å². The van der Waals surface area contributed by atoms with Crippen LogP contribution >= 0.6 is 23.1 Å². The zero-order valence-electron chi connectivity index (χ0n) is 15.8. The van der Waals surface area contributed by atoms with Crippen LogP contribution in [-0.4, -0.2) is 20.7 Å². The number of benzene rings is 1. The normalized spacial score (nSPS) is 11.4. The molecule has 0 spiro atoms. The van der Waals surface area contributed by atoms with E-state index in [1.165, 1.54) is 0 Å². The van der Waals surface area contributed by atoms with Crippen LogP contribution in [0.25, 0.3) is 10.2 Å². The highest BCUT2D eigenvalue weighted by Crippen LogP contribution is 2.25. The molecule has 0 bridgehead atoms. The lowest BCUT2D eigenvalue weighted by atomic mass is 10.1. The van der Waals surface area contributed by atoms with Crippen LogP contribution in [0.4, 0.5) is 0 Å². The highest BCUT2D eigenvalue weighted by Gasteiger charge is 2.15. The first-order valence-corrected chi connectivity index (χ1v) is 11.1. The Bertz CT molecular complexity index is 940. The van der Waals surface area contributed by atoms with Crippen molar-refractivity contribution in [1.29, 1.82) is 0 Å². The minimum Gasteiger partial charge on any atom is -0.301 e. The lowest BCUT2D eigenvalue weighted by molar-refractivity contribution is 0.553. The van der Waals surface area contributed by atoms with Crippen LogP contribution in [0.3, 0.4) is 0 Å². The maximum absolute atomic E-state index is 12.6. The van der Waals surface area contributed by atoms with E-state index in [1.54, 1.807) is 29.2 Å². The number of para-hydroxylation sites is 1. The number of hydrogen-bond donors (Lipinski definition) is 1. The number of hydrogen-bond acceptors (Lipinski definition) is 5. The summed E-state index contributed by atoms with van der Waals surface area (Å²) in [5.74, 6) is 1.61. The van der Waals surface area contributed by atoms with Crippen LogP contribution in [0.2, 0.25) is 0 Å². The third-order valence-electron chi connectivity index (χ3n) is 4.70. The molecule has 1 N–H and O–H groups in total. The Labute approximate surface area is 168 Å². The van der Waals surface area contributed by atoms with Gasteiger partial charge in [-0.2, -0.15) is 0 Å². The van der Waals surface area contributed by atoms with Crippen molar-refractivity contribution in [2.24, 2.45) is 5.92 Å². The molecule has 0 radical (unpaired) electrons. The van der Waals surface area contributed by atoms with Crippen LogP contribution in [0.15, 0.2) is 46.9 Å². The maximum atomic E-state index is 12.6. The minimum atomic E-state index is -0.0620. The highest BCUT2D eigenvalue weighted by molar-refractivity contribution is 7.99. The van der Waals surface area contributed by atoms with Gasteiger partial charge < -0.3 is 4.98 Å². The van der Waals surface area contributed by atoms with Gasteiger partial charge >= 0.3 is 0 Å². The van der Waals surface area contributed by atoms with E-state index < -0.39 is 0 Å². The lowest BCUT2D eigenvalue weighted by Crippen LogP contribution is -2.19. The van der Waals surface area contributed by atoms with Gasteiger partial charge in [0, 0.05) is 17.7 Å². The van der Waals surface area contributed by atoms with E-state index in [0.29, 0.717) is 29.5 Å². The second-order valence-corrected chi connectivity index (χ2v) is 8.66. The molecular weight excluding hydrogens is 374 g/mol. The first-order valence-electron chi connectivity index (χ1n) is 9.34. The molecule has 0 aliphatic carbocycles. The summed E-state index contributed by atoms with van der Waals surface area (Å²) in [6, 6.07) is 8.10. The molecule has 4 nitrogen and oxygen atoms in total. The fourth-order valence-electron chi connectivity index (χ4n) is 2.95. The molecule has 0 amide bonds. The SMILES string of the molecule is C=CCc1c(Cc2nc3ccccc3s2)nc(SCC(CC)CC)[nH]c1=O. The van der Waals surface area contributed by atoms with Crippen molar-refractivity contribution in [2.75, 3.05) is 5.75 Å². The lowest BCUT2D eigenvalue weighted by Gasteiger charge is -2.12. The first-order chi connectivity index (χ1) is 13.1. The number of H-pyrrole nitrogens is 1. The molecule has 2 aromatic heterocycles. The van der Waals surface area contributed by atoms with E-state index >= 15 is 0 Å². The Morgan fingerprint density at radius 2 is 2.04 bits per heavy atom. The predicted molar refractivity (Wildman–Crippen MR) is 116 cm³/mol. The summed E-state index contributed by atoms with van der Waals surface area (Å²) in [6.07, 6.45) is 5.12. The number of rotatable bonds is 9. The zero-order valence-corrected chi connectivity index (χ0v) is 17.5. The molecule has 2 heterocycles. The second kappa shape index (κ2) is 9.33. The molecular formula is C21H25N3OS2. The number of aromatic amines is 1. The topological polar surface area (TPSA) is 58.6 Å². The summed E-state index contributed by atoms with van der Waals surface area (Å²) in [6.45, 7) is 8.20. The molecule has 6 heteroatoms. The van der Waals surface area contributed by atoms with Crippen molar-refractivity contribution >= 4 is 33.3 Å². The fraction of sp³-hybridized carbons (Fsp3) is 0.381. The highest BCUT2D eigenvalue weighted by atomic mass is 32.2. The first kappa shape index (κ1) is 19.8. The Morgan fingerprint density at radius 1 is 1.26 bits per heavy atom. The van der Waals surface area contributed by atoms with Crippen molar-refractivity contribution in [3.63, 3.8) is 0 Å². The smallest absolute Gasteiger partial charge is 0.255 e. The molecule has 3 aromatic rings. The number of thioether (sulfide) groups is 1. The van der Waals surface area contributed by atoms with Gasteiger partial charge in [-0.05, 0) is 24.5 Å². The van der Waals surface area contributed by atoms with Crippen molar-refractivity contribution < 1.29 is 0 Å². The van der Waals surface area contributed by atoms with Gasteiger partial charge in [-0.15, -0.1) is 17.9 Å². The molecule has 0 atom stereocenters. The van der Waals surface area contributed by atoms with E-state index in [1.807, 2.05) is 18.2 Å². The summed E-state index contributed by atoms with van der Waals surface area (Å²) < 4.78 is 1.16. The molecule has 0 fully saturated rings. The monoisotopic (exact) mass is 399 g/mol. The molecule has 1 aromatic carbocycles. The minimum absolute atomic E-state index is 0.0620. The molecule has 0 saturated carbocycles. The average Bonchev–Trinajstić information content (AvgIpc) is 3.07. The summed E-state index contributed by atoms with van der Waals surface area (Å²) >= 11 is 3.30. The number of nitrogens with one attached hydrogen (secondary N) is 1. The molecule has 0 saturated heterocycles. The third-order valence-corrected chi connectivity index (χ3v) is 6.84. The Hall–Kier alpha value is -1.92. The van der Waals surface area contributed by atoms with Gasteiger partial charge in [0.1, 0.15) is 0 Å². The van der Waals surface area contributed by atoms with E-state index in [2.05, 4.69) is 31.5 Å². The molecule has 3 rings (SSSR count). The van der Waals surface area contributed by atoms with E-state index in [9.17, 15) is 4.79 Å². The average molecular weight is 400 g/mol. The van der Waals surface area contributed by atoms with Crippen molar-refractivity contribution in [3.8, 4) is 0 Å². The van der Waals surface area contributed by atoms with Crippen LogP contribution in [0.5, 0.6) is 0 Å². The standard InChI is InChI=1S/C21H25N3OS2/c1-4-9-15-17(12-19-22-16-10-7-8-11-18(16)27-19)23-21(24-20(15)25)26-13-14(5-2)6-3/h4,7-8,10-11,14H,1,5-6,9,12-13H2,2-3H3,(H,23,24,25). The van der Waals surface area contributed by atoms with Crippen molar-refractivity contribution in [1.82, 2.24) is 15.0 Å². The van der Waals surface area contributed by atoms with E-state index in [0.717, 1.165) is 39.5 Å². The largest absolute Gasteiger partial charge is 0.301 e. The number of aromatic nitrogens is 3. The summed E-state index contributed by atoms with van der Waals surface area (Å²) in [5, 5.41) is 1.69. The Balaban J connectivity index is 1.90. The van der Waals surface area contributed by atoms with Crippen LogP contribution in [0.1, 0.15) is 43.0 Å². The van der Waals surface area contributed by atoms with Gasteiger partial charge in [0.25, 0.3) is 5.56 Å². The summed E-state index contributed by atoms with van der Waals surface area (Å²) in [5.41, 5.74) is 2.44. The van der Waals surface area contributed by atoms with Crippen molar-refractivity contribution in [3.05, 3.63) is 63.5 Å². The quantitative estimate of drug-likeness (QED) is 0.304. The van der Waals surface area contributed by atoms with E-state index in [4.69, 9.17) is 9.97 Å². The number of nitrogens with zero attached hydrogens (tertiary/aromatic N) is 2. The van der Waals surface area contributed by atoms with E-state index in [-0.39, 0.29) is 5.56 Å². The Kier molecular flexibility index (Phi) is 6.85. The van der Waals surface area contributed by atoms with Gasteiger partial charge in [0.15, 0.2) is 5.16 Å². The molecule has 142 valence electrons. The van der Waals surface area contributed by atoms with Gasteiger partial charge in [0.2, 0.25) is 0 Å². The second-order valence-electron chi connectivity index (χ2n) is 6.53. The van der Waals surface area contributed by atoms with Crippen molar-refractivity contribution in [2.45, 2.75) is 44.7 Å². The van der Waals surface area contributed by atoms with Crippen LogP contribution in [0, 0.1) is 5.92 Å². The summed E-state index contributed by atoms with van der Waals surface area (Å²) in [7, 11) is 0. The van der Waals surface area contributed by atoms with Gasteiger partial charge in [-0.1, -0.05) is 56.7 Å². The fourth-order valence-corrected chi connectivity index (χ4v) is 5.13.